The van der Waals surface area contributed by atoms with Gasteiger partial charge >= 0.3 is 0 Å². The van der Waals surface area contributed by atoms with Crippen LogP contribution >= 0.6 is 0 Å². The molecule has 0 aliphatic carbocycles. The van der Waals surface area contributed by atoms with Crippen LogP contribution in [-0.4, -0.2) is 19.4 Å². The maximum atomic E-state index is 12.8. The number of benzene rings is 2. The first-order valence-corrected chi connectivity index (χ1v) is 8.57. The van der Waals surface area contributed by atoms with Crippen LogP contribution in [0.2, 0.25) is 0 Å². The molecule has 1 heterocycles. The number of nitrogens with one attached hydrogen (secondary N) is 1. The second-order valence-electron chi connectivity index (χ2n) is 5.22. The van der Waals surface area contributed by atoms with Crippen molar-refractivity contribution in [2.24, 2.45) is 0 Å². The second kappa shape index (κ2) is 5.59. The Hall–Kier alpha value is -2.11. The van der Waals surface area contributed by atoms with Crippen molar-refractivity contribution in [3.63, 3.8) is 0 Å². The van der Waals surface area contributed by atoms with E-state index >= 15 is 0 Å². The van der Waals surface area contributed by atoms with Gasteiger partial charge in [-0.25, -0.2) is 12.4 Å². The van der Waals surface area contributed by atoms with Crippen LogP contribution in [0.4, 0.5) is 0 Å². The van der Waals surface area contributed by atoms with Gasteiger partial charge in [0.15, 0.2) is 0 Å². The molecule has 0 aliphatic rings. The van der Waals surface area contributed by atoms with Crippen molar-refractivity contribution in [2.75, 3.05) is 7.05 Å². The molecule has 5 heteroatoms. The molecule has 22 heavy (non-hydrogen) atoms. The van der Waals surface area contributed by atoms with Gasteiger partial charge in [-0.15, -0.1) is 0 Å². The van der Waals surface area contributed by atoms with Crippen molar-refractivity contribution < 1.29 is 8.42 Å². The largest absolute Gasteiger partial charge is 0.313 e. The topological polar surface area (TPSA) is 51.1 Å². The first kappa shape index (κ1) is 14.8. The first-order valence-electron chi connectivity index (χ1n) is 7.13. The van der Waals surface area contributed by atoms with E-state index in [9.17, 15) is 8.42 Å². The Morgan fingerprint density at radius 1 is 1.00 bits per heavy atom. The molecule has 0 fully saturated rings. The minimum absolute atomic E-state index is 0.152. The summed E-state index contributed by atoms with van der Waals surface area (Å²) in [6.45, 7) is 2.05. The van der Waals surface area contributed by atoms with E-state index in [0.717, 1.165) is 10.9 Å². The fourth-order valence-corrected chi connectivity index (χ4v) is 3.98. The Balaban J connectivity index is 2.22. The lowest BCUT2D eigenvalue weighted by Gasteiger charge is -2.13. The predicted molar refractivity (Wildman–Crippen MR) is 88.4 cm³/mol. The van der Waals surface area contributed by atoms with Crippen molar-refractivity contribution in [2.45, 2.75) is 17.9 Å². The average Bonchev–Trinajstić information content (AvgIpc) is 2.99. The van der Waals surface area contributed by atoms with Crippen LogP contribution in [0.5, 0.6) is 0 Å². The van der Waals surface area contributed by atoms with Crippen LogP contribution in [0.15, 0.2) is 65.7 Å². The Morgan fingerprint density at radius 3 is 2.41 bits per heavy atom. The molecular formula is C17H18N2O2S. The number of nitrogens with zero attached hydrogens (tertiary/aromatic N) is 1. The minimum Gasteiger partial charge on any atom is -0.313 e. The van der Waals surface area contributed by atoms with E-state index in [0.29, 0.717) is 10.4 Å². The lowest BCUT2D eigenvalue weighted by molar-refractivity contribution is 0.589. The van der Waals surface area contributed by atoms with Crippen LogP contribution < -0.4 is 5.32 Å². The van der Waals surface area contributed by atoms with Crippen LogP contribution in [0.1, 0.15) is 18.5 Å². The molecule has 0 radical (unpaired) electrons. The fraction of sp³-hybridized carbons (Fsp3) is 0.176. The molecule has 1 aromatic heterocycles. The SMILES string of the molecule is CNC(C)c1cccc2c1ccn2S(=O)(=O)c1ccccc1. The molecule has 0 spiro atoms. The van der Waals surface area contributed by atoms with Crippen molar-refractivity contribution in [3.8, 4) is 0 Å². The zero-order valence-corrected chi connectivity index (χ0v) is 13.3. The molecule has 0 amide bonds. The van der Waals surface area contributed by atoms with Gasteiger partial charge in [0.25, 0.3) is 10.0 Å². The van der Waals surface area contributed by atoms with E-state index in [1.54, 1.807) is 36.5 Å². The van der Waals surface area contributed by atoms with Gasteiger partial charge in [0, 0.05) is 17.6 Å². The quantitative estimate of drug-likeness (QED) is 0.805. The second-order valence-corrected chi connectivity index (χ2v) is 7.03. The summed E-state index contributed by atoms with van der Waals surface area (Å²) in [5.41, 5.74) is 1.78. The molecule has 0 saturated carbocycles. The van der Waals surface area contributed by atoms with Crippen LogP contribution in [-0.2, 0) is 10.0 Å². The van der Waals surface area contributed by atoms with Crippen molar-refractivity contribution in [3.05, 3.63) is 66.4 Å². The summed E-state index contributed by atoms with van der Waals surface area (Å²) in [7, 11) is -1.69. The number of fused-ring (bicyclic) bond motifs is 1. The first-order chi connectivity index (χ1) is 10.6. The lowest BCUT2D eigenvalue weighted by atomic mass is 10.0. The van der Waals surface area contributed by atoms with Gasteiger partial charge in [-0.1, -0.05) is 30.3 Å². The van der Waals surface area contributed by atoms with Crippen molar-refractivity contribution in [1.82, 2.24) is 9.29 Å². The van der Waals surface area contributed by atoms with Crippen molar-refractivity contribution in [1.29, 1.82) is 0 Å². The van der Waals surface area contributed by atoms with Gasteiger partial charge in [-0.3, -0.25) is 0 Å². The summed E-state index contributed by atoms with van der Waals surface area (Å²) >= 11 is 0. The Kier molecular flexibility index (Phi) is 3.76. The third kappa shape index (κ3) is 2.32. The van der Waals surface area contributed by atoms with Crippen LogP contribution in [0.3, 0.4) is 0 Å². The van der Waals surface area contributed by atoms with E-state index in [-0.39, 0.29) is 6.04 Å². The molecule has 0 saturated heterocycles. The zero-order valence-electron chi connectivity index (χ0n) is 12.5. The molecule has 0 bridgehead atoms. The van der Waals surface area contributed by atoms with Crippen LogP contribution in [0.25, 0.3) is 10.9 Å². The minimum atomic E-state index is -3.58. The number of aromatic nitrogens is 1. The molecule has 3 rings (SSSR count). The molecule has 4 nitrogen and oxygen atoms in total. The van der Waals surface area contributed by atoms with Gasteiger partial charge in [0.05, 0.1) is 10.4 Å². The standard InChI is InChI=1S/C17H18N2O2S/c1-13(18-2)15-9-6-10-17-16(15)11-12-19(17)22(20,21)14-7-4-3-5-8-14/h3-13,18H,1-2H3. The Morgan fingerprint density at radius 2 is 1.73 bits per heavy atom. The monoisotopic (exact) mass is 314 g/mol. The molecule has 114 valence electrons. The highest BCUT2D eigenvalue weighted by Crippen LogP contribution is 2.27. The summed E-state index contributed by atoms with van der Waals surface area (Å²) < 4.78 is 27.0. The van der Waals surface area contributed by atoms with Gasteiger partial charge in [0.2, 0.25) is 0 Å². The Labute approximate surface area is 130 Å². The highest BCUT2D eigenvalue weighted by atomic mass is 32.2. The summed E-state index contributed by atoms with van der Waals surface area (Å²) in [6.07, 6.45) is 1.62. The zero-order chi connectivity index (χ0) is 15.7. The molecule has 1 unspecified atom stereocenters. The molecule has 2 aromatic carbocycles. The third-order valence-electron chi connectivity index (χ3n) is 3.93. The third-order valence-corrected chi connectivity index (χ3v) is 5.63. The van der Waals surface area contributed by atoms with Gasteiger partial charge in [-0.2, -0.15) is 0 Å². The van der Waals surface area contributed by atoms with E-state index in [1.807, 2.05) is 31.3 Å². The molecule has 3 aromatic rings. The maximum absolute atomic E-state index is 12.8. The summed E-state index contributed by atoms with van der Waals surface area (Å²) in [5.74, 6) is 0. The predicted octanol–water partition coefficient (Wildman–Crippen LogP) is 3.16. The normalized spacial score (nSPS) is 13.4. The summed E-state index contributed by atoms with van der Waals surface area (Å²) in [4.78, 5) is 0.291. The number of hydrogen-bond donors (Lipinski definition) is 1. The van der Waals surface area contributed by atoms with E-state index in [4.69, 9.17) is 0 Å². The highest BCUT2D eigenvalue weighted by Gasteiger charge is 2.19. The maximum Gasteiger partial charge on any atom is 0.268 e. The highest BCUT2D eigenvalue weighted by molar-refractivity contribution is 7.90. The van der Waals surface area contributed by atoms with Gasteiger partial charge in [0.1, 0.15) is 0 Å². The fourth-order valence-electron chi connectivity index (χ4n) is 2.62. The summed E-state index contributed by atoms with van der Waals surface area (Å²) in [5, 5.41) is 4.14. The summed E-state index contributed by atoms with van der Waals surface area (Å²) in [6, 6.07) is 16.2. The van der Waals surface area contributed by atoms with Gasteiger partial charge < -0.3 is 5.32 Å². The molecule has 1 atom stereocenters. The van der Waals surface area contributed by atoms with Crippen LogP contribution in [0, 0.1) is 0 Å². The average molecular weight is 314 g/mol. The van der Waals surface area contributed by atoms with E-state index in [1.165, 1.54) is 3.97 Å². The number of hydrogen-bond acceptors (Lipinski definition) is 3. The van der Waals surface area contributed by atoms with Gasteiger partial charge in [-0.05, 0) is 43.8 Å². The van der Waals surface area contributed by atoms with E-state index < -0.39 is 10.0 Å². The van der Waals surface area contributed by atoms with Crippen molar-refractivity contribution >= 4 is 20.9 Å². The smallest absolute Gasteiger partial charge is 0.268 e. The number of rotatable bonds is 4. The lowest BCUT2D eigenvalue weighted by Crippen LogP contribution is -2.13. The molecular weight excluding hydrogens is 296 g/mol. The Bertz CT molecular complexity index is 899. The van der Waals surface area contributed by atoms with E-state index in [2.05, 4.69) is 12.2 Å². The molecule has 1 N–H and O–H groups in total. The molecule has 0 aliphatic heterocycles.